The van der Waals surface area contributed by atoms with Crippen LogP contribution < -0.4 is 15.4 Å². The van der Waals surface area contributed by atoms with Gasteiger partial charge in [0.1, 0.15) is 11.4 Å². The van der Waals surface area contributed by atoms with Crippen molar-refractivity contribution in [3.05, 3.63) is 109 Å². The van der Waals surface area contributed by atoms with Crippen molar-refractivity contribution >= 4 is 28.2 Å². The van der Waals surface area contributed by atoms with Gasteiger partial charge in [0.25, 0.3) is 0 Å². The Hall–Kier alpha value is -5.41. The Morgan fingerprint density at radius 3 is 2.31 bits per heavy atom. The highest BCUT2D eigenvalue weighted by molar-refractivity contribution is 6.00. The largest absolute Gasteiger partial charge is 0.438 e. The van der Waals surface area contributed by atoms with Crippen LogP contribution >= 0.6 is 0 Å². The van der Waals surface area contributed by atoms with Crippen molar-refractivity contribution in [2.45, 2.75) is 20.3 Å². The molecule has 6 rings (SSSR count). The van der Waals surface area contributed by atoms with Crippen LogP contribution in [0.4, 0.5) is 17.5 Å². The predicted molar refractivity (Wildman–Crippen MR) is 181 cm³/mol. The lowest BCUT2D eigenvalue weighted by atomic mass is 10.0. The van der Waals surface area contributed by atoms with E-state index in [0.29, 0.717) is 23.4 Å². The van der Waals surface area contributed by atoms with Crippen molar-refractivity contribution in [2.75, 3.05) is 36.8 Å². The molecule has 9 heteroatoms. The Morgan fingerprint density at radius 2 is 1.51 bits per heavy atom. The first-order valence-electron chi connectivity index (χ1n) is 15.3. The Bertz CT molecular complexity index is 1840. The average molecular weight is 597 g/mol. The van der Waals surface area contributed by atoms with Crippen LogP contribution in [0, 0.1) is 0 Å². The number of aromatic nitrogens is 5. The van der Waals surface area contributed by atoms with Gasteiger partial charge in [0.05, 0.1) is 11.3 Å². The predicted octanol–water partition coefficient (Wildman–Crippen LogP) is 7.83. The van der Waals surface area contributed by atoms with Gasteiger partial charge in [0.2, 0.25) is 11.8 Å². The summed E-state index contributed by atoms with van der Waals surface area (Å²) in [4.78, 5) is 16.1. The fourth-order valence-electron chi connectivity index (χ4n) is 5.16. The second-order valence-corrected chi connectivity index (χ2v) is 10.5. The number of benzene rings is 3. The molecule has 0 aliphatic rings. The van der Waals surface area contributed by atoms with Gasteiger partial charge < -0.3 is 20.3 Å². The van der Waals surface area contributed by atoms with Gasteiger partial charge in [0, 0.05) is 41.0 Å². The second kappa shape index (κ2) is 14.4. The first-order valence-corrected chi connectivity index (χ1v) is 15.3. The van der Waals surface area contributed by atoms with Crippen LogP contribution in [0.15, 0.2) is 109 Å². The minimum absolute atomic E-state index is 0.470. The highest BCUT2D eigenvalue weighted by atomic mass is 16.5. The first kappa shape index (κ1) is 29.7. The molecule has 9 nitrogen and oxygen atoms in total. The molecule has 0 amide bonds. The molecule has 0 unspecified atom stereocenters. The standard InChI is InChI=1S/C36H36N8O/c1-3-44(4-2)25-11-23-38-36-39-24-21-32(41-36)31-16-10-22-37-35(31)45-28-19-17-27(18-20-28)40-34-30-15-9-8-14-29(30)33(42-43-34)26-12-6-5-7-13-26/h5-10,12-22,24H,3-4,11,23,25H2,1-2H3,(H,40,43)(H,38,39,41). The molecule has 3 aromatic carbocycles. The number of ether oxygens (including phenoxy) is 1. The summed E-state index contributed by atoms with van der Waals surface area (Å²) in [6.45, 7) is 8.32. The molecule has 3 heterocycles. The van der Waals surface area contributed by atoms with Crippen molar-refractivity contribution in [2.24, 2.45) is 0 Å². The summed E-state index contributed by atoms with van der Waals surface area (Å²) in [5.41, 5.74) is 4.27. The summed E-state index contributed by atoms with van der Waals surface area (Å²) < 4.78 is 6.24. The van der Waals surface area contributed by atoms with Crippen LogP contribution in [0.2, 0.25) is 0 Å². The molecule has 3 aromatic heterocycles. The summed E-state index contributed by atoms with van der Waals surface area (Å²) >= 11 is 0. The molecule has 0 radical (unpaired) electrons. The number of hydrogen-bond donors (Lipinski definition) is 2. The third-order valence-corrected chi connectivity index (χ3v) is 7.60. The smallest absolute Gasteiger partial charge is 0.228 e. The molecule has 0 saturated carbocycles. The van der Waals surface area contributed by atoms with Gasteiger partial charge in [0.15, 0.2) is 5.82 Å². The first-order chi connectivity index (χ1) is 22.2. The Labute approximate surface area is 263 Å². The molecule has 0 spiro atoms. The van der Waals surface area contributed by atoms with Gasteiger partial charge in [-0.25, -0.2) is 15.0 Å². The molecule has 6 aromatic rings. The van der Waals surface area contributed by atoms with E-state index in [1.807, 2.05) is 84.9 Å². The maximum absolute atomic E-state index is 6.24. The molecular weight excluding hydrogens is 560 g/mol. The average Bonchev–Trinajstić information content (AvgIpc) is 3.10. The SMILES string of the molecule is CCN(CC)CCCNc1nccc(-c2cccnc2Oc2ccc(Nc3nnc(-c4ccccc4)c4ccccc34)cc2)n1. The van der Waals surface area contributed by atoms with E-state index in [9.17, 15) is 0 Å². The highest BCUT2D eigenvalue weighted by Crippen LogP contribution is 2.33. The monoisotopic (exact) mass is 596 g/mol. The number of anilines is 3. The van der Waals surface area contributed by atoms with Crippen LogP contribution in [0.1, 0.15) is 20.3 Å². The highest BCUT2D eigenvalue weighted by Gasteiger charge is 2.13. The minimum Gasteiger partial charge on any atom is -0.438 e. The maximum Gasteiger partial charge on any atom is 0.228 e. The molecule has 0 aliphatic heterocycles. The van der Waals surface area contributed by atoms with E-state index in [4.69, 9.17) is 9.72 Å². The molecule has 226 valence electrons. The summed E-state index contributed by atoms with van der Waals surface area (Å²) in [7, 11) is 0. The fourth-order valence-corrected chi connectivity index (χ4v) is 5.16. The zero-order valence-corrected chi connectivity index (χ0v) is 25.5. The van der Waals surface area contributed by atoms with E-state index in [0.717, 1.165) is 71.6 Å². The minimum atomic E-state index is 0.470. The van der Waals surface area contributed by atoms with Crippen LogP contribution in [0.25, 0.3) is 33.3 Å². The van der Waals surface area contributed by atoms with Gasteiger partial charge in [-0.15, -0.1) is 10.2 Å². The zero-order valence-electron chi connectivity index (χ0n) is 25.5. The summed E-state index contributed by atoms with van der Waals surface area (Å²) in [6, 6.07) is 31.7. The lowest BCUT2D eigenvalue weighted by Crippen LogP contribution is -2.25. The lowest BCUT2D eigenvalue weighted by Gasteiger charge is -2.17. The van der Waals surface area contributed by atoms with E-state index in [1.165, 1.54) is 0 Å². The Balaban J connectivity index is 1.15. The van der Waals surface area contributed by atoms with Gasteiger partial charge in [-0.1, -0.05) is 68.4 Å². The van der Waals surface area contributed by atoms with Crippen molar-refractivity contribution in [1.82, 2.24) is 30.0 Å². The number of nitrogens with zero attached hydrogens (tertiary/aromatic N) is 6. The molecule has 0 aliphatic carbocycles. The number of fused-ring (bicyclic) bond motifs is 1. The normalized spacial score (nSPS) is 11.1. The fraction of sp³-hybridized carbons (Fsp3) is 0.194. The van der Waals surface area contributed by atoms with Crippen LogP contribution in [-0.4, -0.2) is 56.2 Å². The Kier molecular flexibility index (Phi) is 9.47. The summed E-state index contributed by atoms with van der Waals surface area (Å²) in [5, 5.41) is 17.9. The zero-order chi connectivity index (χ0) is 30.8. The molecule has 45 heavy (non-hydrogen) atoms. The number of rotatable bonds is 13. The number of nitrogens with one attached hydrogen (secondary N) is 2. The van der Waals surface area contributed by atoms with Crippen molar-refractivity contribution in [3.63, 3.8) is 0 Å². The summed E-state index contributed by atoms with van der Waals surface area (Å²) in [5.74, 6) is 2.40. The maximum atomic E-state index is 6.24. The third-order valence-electron chi connectivity index (χ3n) is 7.60. The molecule has 0 atom stereocenters. The summed E-state index contributed by atoms with van der Waals surface area (Å²) in [6.07, 6.45) is 4.49. The van der Waals surface area contributed by atoms with Crippen LogP contribution in [0.3, 0.4) is 0 Å². The number of pyridine rings is 1. The topological polar surface area (TPSA) is 101 Å². The van der Waals surface area contributed by atoms with E-state index < -0.39 is 0 Å². The molecule has 0 bridgehead atoms. The van der Waals surface area contributed by atoms with E-state index in [1.54, 1.807) is 12.4 Å². The van der Waals surface area contributed by atoms with Crippen molar-refractivity contribution in [3.8, 4) is 34.1 Å². The van der Waals surface area contributed by atoms with Gasteiger partial charge in [-0.05, 0) is 68.5 Å². The quantitative estimate of drug-likeness (QED) is 0.129. The van der Waals surface area contributed by atoms with Crippen molar-refractivity contribution < 1.29 is 4.74 Å². The molecule has 0 fully saturated rings. The van der Waals surface area contributed by atoms with Crippen LogP contribution in [-0.2, 0) is 0 Å². The second-order valence-electron chi connectivity index (χ2n) is 10.5. The van der Waals surface area contributed by atoms with Crippen LogP contribution in [0.5, 0.6) is 11.6 Å². The number of hydrogen-bond acceptors (Lipinski definition) is 9. The van der Waals surface area contributed by atoms with Gasteiger partial charge in [-0.2, -0.15) is 0 Å². The van der Waals surface area contributed by atoms with Gasteiger partial charge in [-0.3, -0.25) is 0 Å². The Morgan fingerprint density at radius 1 is 0.733 bits per heavy atom. The van der Waals surface area contributed by atoms with Crippen molar-refractivity contribution in [1.29, 1.82) is 0 Å². The van der Waals surface area contributed by atoms with Gasteiger partial charge >= 0.3 is 0 Å². The lowest BCUT2D eigenvalue weighted by molar-refractivity contribution is 0.303. The van der Waals surface area contributed by atoms with E-state index in [2.05, 4.69) is 61.7 Å². The molecular formula is C36H36N8O. The van der Waals surface area contributed by atoms with E-state index in [-0.39, 0.29) is 0 Å². The molecule has 0 saturated heterocycles. The third kappa shape index (κ3) is 7.22. The molecule has 2 N–H and O–H groups in total. The van der Waals surface area contributed by atoms with E-state index >= 15 is 0 Å².